The summed E-state index contributed by atoms with van der Waals surface area (Å²) >= 11 is 0. The Morgan fingerprint density at radius 3 is 2.39 bits per heavy atom. The van der Waals surface area contributed by atoms with Gasteiger partial charge in [0.15, 0.2) is 0 Å². The van der Waals surface area contributed by atoms with E-state index in [9.17, 15) is 8.42 Å². The molecule has 0 aliphatic carbocycles. The fourth-order valence-corrected chi connectivity index (χ4v) is 3.08. The highest BCUT2D eigenvalue weighted by Crippen LogP contribution is 2.39. The Kier molecular flexibility index (Phi) is 4.51. The van der Waals surface area contributed by atoms with Crippen LogP contribution in [0.5, 0.6) is 0 Å². The topological polar surface area (TPSA) is 52.6 Å². The molecule has 1 aliphatic rings. The molecule has 0 saturated carbocycles. The Morgan fingerprint density at radius 1 is 1.39 bits per heavy atom. The molecule has 1 saturated heterocycles. The second-order valence-electron chi connectivity index (χ2n) is 6.62. The summed E-state index contributed by atoms with van der Waals surface area (Å²) in [5.74, 6) is 0. The molecule has 5 heteroatoms. The summed E-state index contributed by atoms with van der Waals surface area (Å²) in [6, 6.07) is 0. The quantitative estimate of drug-likeness (QED) is 0.745. The molecule has 0 N–H and O–H groups in total. The van der Waals surface area contributed by atoms with Gasteiger partial charge in [0, 0.05) is 0 Å². The molecule has 0 radical (unpaired) electrons. The van der Waals surface area contributed by atoms with Gasteiger partial charge in [0.1, 0.15) is 6.10 Å². The highest BCUT2D eigenvalue weighted by atomic mass is 32.2. The van der Waals surface area contributed by atoms with Gasteiger partial charge in [-0.3, -0.25) is 4.18 Å². The molecule has 0 aromatic rings. The summed E-state index contributed by atoms with van der Waals surface area (Å²) in [6.07, 6.45) is 3.65. The van der Waals surface area contributed by atoms with E-state index in [0.717, 1.165) is 25.5 Å². The van der Waals surface area contributed by atoms with Crippen LogP contribution < -0.4 is 0 Å². The molecule has 0 bridgehead atoms. The first-order chi connectivity index (χ1) is 7.94. The van der Waals surface area contributed by atoms with E-state index in [1.54, 1.807) is 6.92 Å². The summed E-state index contributed by atoms with van der Waals surface area (Å²) in [7, 11) is -3.44. The van der Waals surface area contributed by atoms with Crippen molar-refractivity contribution in [3.05, 3.63) is 0 Å². The van der Waals surface area contributed by atoms with Crippen LogP contribution in [0.4, 0.5) is 0 Å². The van der Waals surface area contributed by atoms with Crippen molar-refractivity contribution in [1.82, 2.24) is 0 Å². The average molecular weight is 278 g/mol. The Hall–Kier alpha value is -0.130. The minimum absolute atomic E-state index is 0.0620. The fourth-order valence-electron chi connectivity index (χ4n) is 2.35. The molecule has 0 spiro atoms. The highest BCUT2D eigenvalue weighted by molar-refractivity contribution is 7.86. The van der Waals surface area contributed by atoms with Crippen LogP contribution in [0.1, 0.15) is 53.9 Å². The van der Waals surface area contributed by atoms with E-state index in [0.29, 0.717) is 0 Å². The van der Waals surface area contributed by atoms with Crippen LogP contribution in [0, 0.1) is 5.41 Å². The zero-order chi connectivity index (χ0) is 14.2. The minimum Gasteiger partial charge on any atom is -0.369 e. The maximum atomic E-state index is 11.2. The van der Waals surface area contributed by atoms with Gasteiger partial charge >= 0.3 is 0 Å². The molecule has 0 aromatic heterocycles. The van der Waals surface area contributed by atoms with Gasteiger partial charge < -0.3 is 4.74 Å². The third kappa shape index (κ3) is 4.21. The van der Waals surface area contributed by atoms with Gasteiger partial charge in [-0.1, -0.05) is 20.8 Å². The van der Waals surface area contributed by atoms with Crippen LogP contribution in [-0.4, -0.2) is 32.5 Å². The lowest BCUT2D eigenvalue weighted by Crippen LogP contribution is -2.50. The van der Waals surface area contributed by atoms with Crippen molar-refractivity contribution in [2.24, 2.45) is 5.41 Å². The van der Waals surface area contributed by atoms with E-state index >= 15 is 0 Å². The Bertz CT molecular complexity index is 382. The van der Waals surface area contributed by atoms with Crippen LogP contribution in [0.3, 0.4) is 0 Å². The molecule has 18 heavy (non-hydrogen) atoms. The van der Waals surface area contributed by atoms with Crippen molar-refractivity contribution in [1.29, 1.82) is 0 Å². The Labute approximate surface area is 111 Å². The van der Waals surface area contributed by atoms with Gasteiger partial charge in [-0.15, -0.1) is 0 Å². The lowest BCUT2D eigenvalue weighted by Gasteiger charge is -2.46. The zero-order valence-corrected chi connectivity index (χ0v) is 13.1. The summed E-state index contributed by atoms with van der Waals surface area (Å²) in [5.41, 5.74) is -0.467. The van der Waals surface area contributed by atoms with Crippen molar-refractivity contribution >= 4 is 10.1 Å². The van der Waals surface area contributed by atoms with Gasteiger partial charge in [-0.2, -0.15) is 8.42 Å². The van der Waals surface area contributed by atoms with E-state index in [2.05, 4.69) is 20.8 Å². The van der Waals surface area contributed by atoms with Crippen LogP contribution in [0.2, 0.25) is 0 Å². The van der Waals surface area contributed by atoms with Crippen LogP contribution >= 0.6 is 0 Å². The third-order valence-corrected chi connectivity index (χ3v) is 4.33. The van der Waals surface area contributed by atoms with Gasteiger partial charge in [-0.25, -0.2) is 0 Å². The van der Waals surface area contributed by atoms with E-state index in [-0.39, 0.29) is 11.5 Å². The number of hydrogen-bond donors (Lipinski definition) is 0. The lowest BCUT2D eigenvalue weighted by molar-refractivity contribution is -0.187. The van der Waals surface area contributed by atoms with E-state index in [4.69, 9.17) is 8.92 Å². The molecular weight excluding hydrogens is 252 g/mol. The van der Waals surface area contributed by atoms with Crippen molar-refractivity contribution in [3.63, 3.8) is 0 Å². The molecule has 108 valence electrons. The van der Waals surface area contributed by atoms with Crippen LogP contribution in [0.25, 0.3) is 0 Å². The summed E-state index contributed by atoms with van der Waals surface area (Å²) in [6.45, 7) is 10.1. The second kappa shape index (κ2) is 5.10. The van der Waals surface area contributed by atoms with Crippen LogP contribution in [0.15, 0.2) is 0 Å². The lowest BCUT2D eigenvalue weighted by atomic mass is 9.80. The second-order valence-corrected chi connectivity index (χ2v) is 8.22. The first-order valence-electron chi connectivity index (χ1n) is 6.50. The molecule has 0 amide bonds. The summed E-state index contributed by atoms with van der Waals surface area (Å²) < 4.78 is 33.7. The minimum atomic E-state index is -3.44. The normalized spacial score (nSPS) is 32.2. The molecule has 3 atom stereocenters. The maximum Gasteiger partial charge on any atom is 0.264 e. The Morgan fingerprint density at radius 2 is 1.94 bits per heavy atom. The molecule has 0 aromatic carbocycles. The first kappa shape index (κ1) is 15.9. The maximum absolute atomic E-state index is 11.2. The summed E-state index contributed by atoms with van der Waals surface area (Å²) in [4.78, 5) is 0. The van der Waals surface area contributed by atoms with Crippen molar-refractivity contribution in [2.75, 3.05) is 6.26 Å². The molecular formula is C13H26O4S. The third-order valence-electron chi connectivity index (χ3n) is 3.70. The van der Waals surface area contributed by atoms with Gasteiger partial charge in [0.25, 0.3) is 10.1 Å². The van der Waals surface area contributed by atoms with Crippen LogP contribution in [-0.2, 0) is 19.0 Å². The highest BCUT2D eigenvalue weighted by Gasteiger charge is 2.43. The monoisotopic (exact) mass is 278 g/mol. The Balaban J connectivity index is 2.80. The molecule has 0 unspecified atom stereocenters. The number of ether oxygens (including phenoxy) is 1. The molecule has 1 rings (SSSR count). The molecule has 1 fully saturated rings. The van der Waals surface area contributed by atoms with E-state index in [1.807, 2.05) is 6.92 Å². The largest absolute Gasteiger partial charge is 0.369 e. The van der Waals surface area contributed by atoms with Crippen molar-refractivity contribution in [2.45, 2.75) is 71.7 Å². The SMILES string of the molecule is C[C@H](OS(C)(=O)=O)[C@@]1(C)CCC[C@@H](C(C)(C)C)O1. The molecule has 4 nitrogen and oxygen atoms in total. The summed E-state index contributed by atoms with van der Waals surface area (Å²) in [5, 5.41) is 0. The molecule has 1 aliphatic heterocycles. The van der Waals surface area contributed by atoms with Gasteiger partial charge in [0.05, 0.1) is 18.0 Å². The number of rotatable bonds is 3. The zero-order valence-electron chi connectivity index (χ0n) is 12.3. The fraction of sp³-hybridized carbons (Fsp3) is 1.00. The number of hydrogen-bond acceptors (Lipinski definition) is 4. The van der Waals surface area contributed by atoms with Gasteiger partial charge in [0.2, 0.25) is 0 Å². The van der Waals surface area contributed by atoms with Crippen molar-refractivity contribution in [3.8, 4) is 0 Å². The molecule has 1 heterocycles. The van der Waals surface area contributed by atoms with Gasteiger partial charge in [-0.05, 0) is 38.5 Å². The van der Waals surface area contributed by atoms with Crippen molar-refractivity contribution < 1.29 is 17.3 Å². The predicted octanol–water partition coefficient (Wildman–Crippen LogP) is 2.73. The predicted molar refractivity (Wildman–Crippen MR) is 72.0 cm³/mol. The van der Waals surface area contributed by atoms with E-state index in [1.165, 1.54) is 0 Å². The standard InChI is InChI=1S/C13H26O4S/c1-10(17-18(6,14)15)13(5)9-7-8-11(16-13)12(2,3)4/h10-11H,7-9H2,1-6H3/t10-,11-,13+/m0/s1. The smallest absolute Gasteiger partial charge is 0.264 e. The average Bonchev–Trinajstić information content (AvgIpc) is 2.13. The van der Waals surface area contributed by atoms with E-state index < -0.39 is 21.8 Å². The first-order valence-corrected chi connectivity index (χ1v) is 8.32.